The Kier molecular flexibility index (Phi) is 11.2. The second-order valence-electron chi connectivity index (χ2n) is 11.0. The zero-order valence-electron chi connectivity index (χ0n) is 25.6. The van der Waals surface area contributed by atoms with E-state index in [4.69, 9.17) is 24.3 Å². The van der Waals surface area contributed by atoms with E-state index >= 15 is 0 Å². The van der Waals surface area contributed by atoms with Crippen molar-refractivity contribution in [2.45, 2.75) is 71.9 Å². The van der Waals surface area contributed by atoms with E-state index in [9.17, 15) is 18.9 Å². The van der Waals surface area contributed by atoms with Gasteiger partial charge in [0, 0.05) is 17.1 Å². The van der Waals surface area contributed by atoms with Gasteiger partial charge in [0.2, 0.25) is 5.95 Å². The first-order chi connectivity index (χ1) is 21.4. The fourth-order valence-electron chi connectivity index (χ4n) is 4.52. The first-order valence-corrected chi connectivity index (χ1v) is 17.0. The monoisotopic (exact) mass is 708 g/mol. The van der Waals surface area contributed by atoms with Crippen LogP contribution in [0.5, 0.6) is 5.75 Å². The summed E-state index contributed by atoms with van der Waals surface area (Å²) in [7, 11) is -4.22. The molecule has 0 aliphatic heterocycles. The molecule has 45 heavy (non-hydrogen) atoms. The highest BCUT2D eigenvalue weighted by Gasteiger charge is 2.52. The summed E-state index contributed by atoms with van der Waals surface area (Å²) in [6.07, 6.45) is 5.55. The fraction of sp³-hybridized carbons (Fsp3) is 0.483. The minimum absolute atomic E-state index is 0.0646. The van der Waals surface area contributed by atoms with E-state index in [-0.39, 0.29) is 54.6 Å². The molecule has 0 bridgehead atoms. The number of aromatic amines is 1. The number of anilines is 1. The van der Waals surface area contributed by atoms with E-state index in [0.717, 1.165) is 16.5 Å². The summed E-state index contributed by atoms with van der Waals surface area (Å²) in [5.41, 5.74) is 5.46. The van der Waals surface area contributed by atoms with Gasteiger partial charge in [0.25, 0.3) is 5.56 Å². The molecule has 4 N–H and O–H groups in total. The Morgan fingerprint density at radius 3 is 2.64 bits per heavy atom. The highest BCUT2D eigenvalue weighted by atomic mass is 79.9. The summed E-state index contributed by atoms with van der Waals surface area (Å²) in [5.74, 6) is -0.826. The molecule has 1 aliphatic carbocycles. The first kappa shape index (κ1) is 34.4. The average Bonchev–Trinajstić information content (AvgIpc) is 3.51. The maximum absolute atomic E-state index is 14.2. The summed E-state index contributed by atoms with van der Waals surface area (Å²) >= 11 is 3.36. The molecule has 244 valence electrons. The Morgan fingerprint density at radius 1 is 1.22 bits per heavy atom. The van der Waals surface area contributed by atoms with Crippen molar-refractivity contribution in [3.05, 3.63) is 51.0 Å². The molecular formula is C29H38BrN6O8P. The third kappa shape index (κ3) is 9.03. The van der Waals surface area contributed by atoms with Gasteiger partial charge in [-0.05, 0) is 62.9 Å². The topological polar surface area (TPSA) is 190 Å². The largest absolute Gasteiger partial charge is 0.465 e. The van der Waals surface area contributed by atoms with Crippen LogP contribution in [0.1, 0.15) is 59.8 Å². The SMILES string of the molecule is CCCC(=O)OC[C@@]1(COP(=O)(N[C@@H](C)C(=O)O[C@@H](C)CCC)Oc2ccc(Br)cc2)C/C1=C/n1cnc2c(=O)[nH]c(N)nc21. The molecule has 1 unspecified atom stereocenters. The van der Waals surface area contributed by atoms with Crippen molar-refractivity contribution in [2.75, 3.05) is 18.9 Å². The minimum atomic E-state index is -4.22. The summed E-state index contributed by atoms with van der Waals surface area (Å²) < 4.78 is 39.4. The third-order valence-electron chi connectivity index (χ3n) is 7.06. The number of esters is 2. The van der Waals surface area contributed by atoms with E-state index in [1.807, 2.05) is 13.8 Å². The number of carbonyl (C=O) groups excluding carboxylic acids is 2. The van der Waals surface area contributed by atoms with Crippen molar-refractivity contribution in [3.63, 3.8) is 0 Å². The molecule has 0 radical (unpaired) electrons. The number of nitrogens with one attached hydrogen (secondary N) is 2. The average molecular weight is 710 g/mol. The van der Waals surface area contributed by atoms with Crippen LogP contribution in [-0.2, 0) is 28.2 Å². The van der Waals surface area contributed by atoms with E-state index < -0.39 is 30.7 Å². The lowest BCUT2D eigenvalue weighted by atomic mass is 10.1. The molecule has 4 atom stereocenters. The van der Waals surface area contributed by atoms with E-state index in [0.29, 0.717) is 19.3 Å². The first-order valence-electron chi connectivity index (χ1n) is 14.6. The Bertz CT molecular complexity index is 1660. The molecule has 16 heteroatoms. The van der Waals surface area contributed by atoms with Gasteiger partial charge in [0.15, 0.2) is 11.2 Å². The number of halogens is 1. The molecule has 1 fully saturated rings. The molecular weight excluding hydrogens is 671 g/mol. The number of hydrogen-bond acceptors (Lipinski definition) is 11. The zero-order chi connectivity index (χ0) is 32.8. The van der Waals surface area contributed by atoms with Crippen LogP contribution in [0.3, 0.4) is 0 Å². The van der Waals surface area contributed by atoms with Gasteiger partial charge in [-0.25, -0.2) is 9.55 Å². The standard InChI is InChI=1S/C29H38BrN6O8P/c1-5-7-18(3)43-27(39)19(4)35-45(40,44-22-11-9-21(30)10-12-22)42-16-29(15-41-23(37)8-6-2)13-20(29)14-36-17-32-24-25(36)33-28(31)34-26(24)38/h9-12,14,17-19H,5-8,13,15-16H2,1-4H3,(H,35,40)(H3,31,33,34,38)/b20-14-/t18-,19-,29+,45?/m0/s1. The second-order valence-corrected chi connectivity index (χ2v) is 13.6. The molecule has 3 aromatic rings. The predicted molar refractivity (Wildman–Crippen MR) is 171 cm³/mol. The summed E-state index contributed by atoms with van der Waals surface area (Å²) in [6.45, 7) is 6.88. The Morgan fingerprint density at radius 2 is 1.96 bits per heavy atom. The Labute approximate surface area is 268 Å². The van der Waals surface area contributed by atoms with Gasteiger partial charge in [0.1, 0.15) is 24.7 Å². The van der Waals surface area contributed by atoms with Crippen LogP contribution in [0.2, 0.25) is 0 Å². The van der Waals surface area contributed by atoms with Crippen molar-refractivity contribution >= 4 is 58.9 Å². The quantitative estimate of drug-likeness (QED) is 0.134. The molecule has 0 amide bonds. The summed E-state index contributed by atoms with van der Waals surface area (Å²) in [6, 6.07) is 5.58. The second kappa shape index (κ2) is 14.7. The molecule has 0 spiro atoms. The number of imidazole rings is 1. The number of rotatable bonds is 16. The van der Waals surface area contributed by atoms with Crippen LogP contribution in [-0.4, -0.2) is 56.8 Å². The predicted octanol–water partition coefficient (Wildman–Crippen LogP) is 4.95. The van der Waals surface area contributed by atoms with Crippen LogP contribution in [0.25, 0.3) is 17.4 Å². The smallest absolute Gasteiger partial charge is 0.459 e. The Balaban J connectivity index is 1.60. The molecule has 1 aliphatic rings. The van der Waals surface area contributed by atoms with Crippen LogP contribution >= 0.6 is 23.7 Å². The highest BCUT2D eigenvalue weighted by molar-refractivity contribution is 9.10. The number of nitrogens with two attached hydrogens (primary N) is 1. The number of benzene rings is 1. The van der Waals surface area contributed by atoms with Gasteiger partial charge in [-0.2, -0.15) is 10.1 Å². The number of H-pyrrole nitrogens is 1. The lowest BCUT2D eigenvalue weighted by molar-refractivity contribution is -0.150. The maximum Gasteiger partial charge on any atom is 0.459 e. The van der Waals surface area contributed by atoms with Gasteiger partial charge in [-0.15, -0.1) is 0 Å². The molecule has 1 aromatic carbocycles. The van der Waals surface area contributed by atoms with Crippen molar-refractivity contribution in [1.29, 1.82) is 0 Å². The molecule has 14 nitrogen and oxygen atoms in total. The van der Waals surface area contributed by atoms with Crippen LogP contribution in [0, 0.1) is 5.41 Å². The molecule has 0 saturated heterocycles. The summed E-state index contributed by atoms with van der Waals surface area (Å²) in [4.78, 5) is 48.1. The minimum Gasteiger partial charge on any atom is -0.465 e. The Hall–Kier alpha value is -3.52. The number of nitrogen functional groups attached to an aromatic ring is 1. The van der Waals surface area contributed by atoms with Crippen molar-refractivity contribution in [1.82, 2.24) is 24.6 Å². The molecule has 1 saturated carbocycles. The van der Waals surface area contributed by atoms with E-state index in [1.54, 1.807) is 37.4 Å². The number of nitrogens with zero attached hydrogens (tertiary/aromatic N) is 3. The maximum atomic E-state index is 14.2. The van der Waals surface area contributed by atoms with Crippen LogP contribution in [0.4, 0.5) is 5.95 Å². The highest BCUT2D eigenvalue weighted by Crippen LogP contribution is 2.56. The van der Waals surface area contributed by atoms with Crippen molar-refractivity contribution < 1.29 is 32.7 Å². The number of aromatic nitrogens is 4. The zero-order valence-corrected chi connectivity index (χ0v) is 28.1. The van der Waals surface area contributed by atoms with Gasteiger partial charge < -0.3 is 19.7 Å². The fourth-order valence-corrected chi connectivity index (χ4v) is 6.36. The lowest BCUT2D eigenvalue weighted by Crippen LogP contribution is -2.37. The van der Waals surface area contributed by atoms with E-state index in [1.165, 1.54) is 17.8 Å². The third-order valence-corrected chi connectivity index (χ3v) is 9.21. The number of hydrogen-bond donors (Lipinski definition) is 3. The van der Waals surface area contributed by atoms with Crippen LogP contribution < -0.4 is 20.9 Å². The van der Waals surface area contributed by atoms with Crippen molar-refractivity contribution in [2.24, 2.45) is 5.41 Å². The van der Waals surface area contributed by atoms with Gasteiger partial charge in [0.05, 0.1) is 18.1 Å². The molecule has 2 aromatic heterocycles. The normalized spacial score (nSPS) is 19.5. The lowest BCUT2D eigenvalue weighted by Gasteiger charge is -2.25. The van der Waals surface area contributed by atoms with E-state index in [2.05, 4.69) is 36.0 Å². The number of fused-ring (bicyclic) bond motifs is 1. The number of carbonyl (C=O) groups is 2. The van der Waals surface area contributed by atoms with Gasteiger partial charge in [-0.1, -0.05) is 36.2 Å². The van der Waals surface area contributed by atoms with Gasteiger partial charge >= 0.3 is 19.7 Å². The molecule has 4 rings (SSSR count). The van der Waals surface area contributed by atoms with Crippen LogP contribution in [0.15, 0.2) is 45.4 Å². The number of ether oxygens (including phenoxy) is 2. The van der Waals surface area contributed by atoms with Crippen molar-refractivity contribution in [3.8, 4) is 5.75 Å². The molecule has 2 heterocycles. The van der Waals surface area contributed by atoms with Gasteiger partial charge in [-0.3, -0.25) is 28.5 Å². The summed E-state index contributed by atoms with van der Waals surface area (Å²) in [5, 5.41) is 2.71.